The fraction of sp³-hybridized carbons (Fsp3) is 0.442. The molecule has 0 fully saturated rings. The molecule has 1 heterocycles. The third kappa shape index (κ3) is 8.90. The van der Waals surface area contributed by atoms with E-state index in [1.165, 1.54) is 73.1 Å². The molecule has 1 spiro atoms. The van der Waals surface area contributed by atoms with Crippen molar-refractivity contribution in [2.24, 2.45) is 0 Å². The number of anilines is 1. The summed E-state index contributed by atoms with van der Waals surface area (Å²) in [6.45, 7) is 31.4. The summed E-state index contributed by atoms with van der Waals surface area (Å²) in [4.78, 5) is 4.75. The van der Waals surface area contributed by atoms with E-state index in [9.17, 15) is 0 Å². The van der Waals surface area contributed by atoms with Crippen molar-refractivity contribution in [1.82, 2.24) is 4.98 Å². The van der Waals surface area contributed by atoms with Crippen molar-refractivity contribution in [1.29, 1.82) is 0 Å². The number of aromatic nitrogens is 1. The summed E-state index contributed by atoms with van der Waals surface area (Å²) in [6.07, 6.45) is 6.45. The van der Waals surface area contributed by atoms with E-state index in [0.717, 1.165) is 37.9 Å². The van der Waals surface area contributed by atoms with Crippen LogP contribution in [0.2, 0.25) is 0 Å². The van der Waals surface area contributed by atoms with Crippen LogP contribution in [0.5, 0.6) is 0 Å². The van der Waals surface area contributed by atoms with Gasteiger partial charge in [-0.3, -0.25) is 4.98 Å². The quantitative estimate of drug-likeness (QED) is 0.172. The Morgan fingerprint density at radius 1 is 0.614 bits per heavy atom. The summed E-state index contributed by atoms with van der Waals surface area (Å²) in [5, 5.41) is 8.43. The van der Waals surface area contributed by atoms with Crippen LogP contribution in [0.1, 0.15) is 152 Å². The number of benzene rings is 4. The summed E-state index contributed by atoms with van der Waals surface area (Å²) >= 11 is 1.19. The Balaban J connectivity index is 0.00000270. The number of rotatable bonds is 6. The van der Waals surface area contributed by atoms with E-state index in [2.05, 4.69) is 174 Å². The molecule has 4 aromatic carbocycles. The van der Waals surface area contributed by atoms with Crippen molar-refractivity contribution in [2.75, 3.05) is 5.32 Å². The summed E-state index contributed by atoms with van der Waals surface area (Å²) in [7, 11) is 3.77. The Bertz CT molecular complexity index is 2100. The molecule has 7 rings (SSSR count). The van der Waals surface area contributed by atoms with Gasteiger partial charge in [-0.15, -0.1) is 0 Å². The van der Waals surface area contributed by atoms with E-state index < -0.39 is 7.92 Å². The van der Waals surface area contributed by atoms with Crippen LogP contribution in [-0.2, 0) is 64.4 Å². The zero-order valence-corrected chi connectivity index (χ0v) is 41.2. The van der Waals surface area contributed by atoms with Crippen LogP contribution in [0.25, 0.3) is 0 Å². The molecule has 0 saturated heterocycles. The first-order valence-corrected chi connectivity index (χ1v) is 25.5. The van der Waals surface area contributed by atoms with Crippen LogP contribution in [0.3, 0.4) is 0 Å². The van der Waals surface area contributed by atoms with Crippen LogP contribution in [0, 0.1) is 6.92 Å². The van der Waals surface area contributed by atoms with Crippen molar-refractivity contribution >= 4 is 39.1 Å². The molecule has 1 aromatic heterocycles. The van der Waals surface area contributed by atoms with Gasteiger partial charge in [-0.1, -0.05) is 156 Å². The second kappa shape index (κ2) is 16.3. The van der Waals surface area contributed by atoms with E-state index in [4.69, 9.17) is 14.6 Å². The Hall–Kier alpha value is -2.80. The van der Waals surface area contributed by atoms with Crippen LogP contribution in [0.15, 0.2) is 91.1 Å². The van der Waals surface area contributed by atoms with Crippen LogP contribution < -0.4 is 21.2 Å². The summed E-state index contributed by atoms with van der Waals surface area (Å²) < 4.78 is 0. The molecule has 1 atom stereocenters. The number of halogens is 1. The van der Waals surface area contributed by atoms with E-state index in [1.54, 1.807) is 16.4 Å². The molecule has 2 aliphatic rings. The van der Waals surface area contributed by atoms with Gasteiger partial charge in [-0.2, -0.15) is 0 Å². The van der Waals surface area contributed by atoms with Crippen molar-refractivity contribution in [3.05, 3.63) is 147 Å². The van der Waals surface area contributed by atoms with Crippen molar-refractivity contribution < 1.29 is 17.9 Å². The van der Waals surface area contributed by atoms with Gasteiger partial charge in [-0.05, 0) is 140 Å². The Morgan fingerprint density at radius 3 is 1.53 bits per heavy atom. The van der Waals surface area contributed by atoms with Crippen LogP contribution in [-0.4, -0.2) is 4.98 Å². The van der Waals surface area contributed by atoms with Gasteiger partial charge >= 0.3 is 27.5 Å². The minimum atomic E-state index is -0.922. The second-order valence-electron chi connectivity index (χ2n) is 20.7. The predicted molar refractivity (Wildman–Crippen MR) is 249 cm³/mol. The number of fused-ring (bicyclic) bond motifs is 4. The molecule has 1 N–H and O–H groups in total. The molecule has 57 heavy (non-hydrogen) atoms. The Morgan fingerprint density at radius 2 is 1.07 bits per heavy atom. The zero-order chi connectivity index (χ0) is 41.7. The Labute approximate surface area is 361 Å². The first-order chi connectivity index (χ1) is 26.7. The maximum atomic E-state index is 4.75. The molecule has 5 heteroatoms. The standard InChI is InChI=1S/C52H65N2P.ClH.Ir.2H/c1-34-17-16-26-53-44(34)33-54-43-20-14-18-35-22-24-52(46(35)43)25-23-36-19-15-21-45(47(36)52)55(41-29-37(48(2,3)4)27-38(30-41)49(5,6)7)42-31-39(50(8,9)10)28-40(32-42)51(11,12)13;;;;/h14-21,26-32,54H,22-25,33H2,1-13H3;1H;;;/q;;+1;;/p-1/t52-;;;;/m1..../s1. The van der Waals surface area contributed by atoms with E-state index in [1.807, 2.05) is 12.3 Å². The van der Waals surface area contributed by atoms with Gasteiger partial charge in [0.1, 0.15) is 0 Å². The summed E-state index contributed by atoms with van der Waals surface area (Å²) in [5.41, 5.74) is 15.6. The molecule has 0 bridgehead atoms. The molecule has 0 unspecified atom stereocenters. The molecule has 0 amide bonds. The summed E-state index contributed by atoms with van der Waals surface area (Å²) in [6, 6.07) is 33.9. The number of aryl methyl sites for hydroxylation is 3. The van der Waals surface area contributed by atoms with Crippen LogP contribution >= 0.6 is 17.5 Å². The molecular weight excluding hydrogens is 911 g/mol. The average Bonchev–Trinajstić information content (AvgIpc) is 3.72. The zero-order valence-electron chi connectivity index (χ0n) is 36.8. The summed E-state index contributed by atoms with van der Waals surface area (Å²) in [5.74, 6) is 0. The number of hydrogen-bond acceptors (Lipinski definition) is 2. The van der Waals surface area contributed by atoms with Gasteiger partial charge in [-0.25, -0.2) is 0 Å². The number of nitrogens with one attached hydrogen (secondary N) is 1. The minimum absolute atomic E-state index is 0.0254. The first-order valence-electron chi connectivity index (χ1n) is 20.8. The molecule has 306 valence electrons. The van der Waals surface area contributed by atoms with E-state index in [-0.39, 0.29) is 27.1 Å². The van der Waals surface area contributed by atoms with Crippen molar-refractivity contribution in [3.8, 4) is 0 Å². The van der Waals surface area contributed by atoms with E-state index >= 15 is 0 Å². The fourth-order valence-corrected chi connectivity index (χ4v) is 11.8. The first kappa shape index (κ1) is 43.8. The second-order valence-corrected chi connectivity index (χ2v) is 22.9. The topological polar surface area (TPSA) is 24.9 Å². The molecule has 0 aliphatic heterocycles. The average molecular weight is 979 g/mol. The Kier molecular flexibility index (Phi) is 12.5. The van der Waals surface area contributed by atoms with Gasteiger partial charge in [0.15, 0.2) is 0 Å². The molecule has 2 aliphatic carbocycles. The number of hydrogen-bond donors (Lipinski definition) is 1. The molecule has 0 radical (unpaired) electrons. The third-order valence-corrected chi connectivity index (χ3v) is 14.9. The number of pyridine rings is 1. The molecule has 0 saturated carbocycles. The molecular formula is C52H67ClIrN2P. The number of nitrogens with zero attached hydrogens (tertiary/aromatic N) is 1. The predicted octanol–water partition coefficient (Wildman–Crippen LogP) is 12.3. The van der Waals surface area contributed by atoms with Crippen LogP contribution in [0.4, 0.5) is 5.69 Å². The van der Waals surface area contributed by atoms with Gasteiger partial charge in [0, 0.05) is 17.3 Å². The van der Waals surface area contributed by atoms with Gasteiger partial charge in [0.05, 0.1) is 12.2 Å². The van der Waals surface area contributed by atoms with Gasteiger partial charge < -0.3 is 5.32 Å². The third-order valence-electron chi connectivity index (χ3n) is 12.5. The van der Waals surface area contributed by atoms with Gasteiger partial charge in [0.2, 0.25) is 0 Å². The molecule has 5 aromatic rings. The molecule has 2 nitrogen and oxygen atoms in total. The maximum absolute atomic E-state index is 4.75. The monoisotopic (exact) mass is 978 g/mol. The normalized spacial score (nSPS) is 16.7. The van der Waals surface area contributed by atoms with E-state index in [0.29, 0.717) is 0 Å². The van der Waals surface area contributed by atoms with Crippen molar-refractivity contribution in [3.63, 3.8) is 0 Å². The fourth-order valence-electron chi connectivity index (χ4n) is 9.02. The SMILES string of the molecule is Cc1cccnc1CNc1cccc2c1[C@@]1(CC2)CCc2cccc(P(c3cc(C(C)(C)C)cc(C(C)(C)C)c3)c3cc(C(C)(C)C)cc(C(C)(C)C)c3)c21.[Cl][IrH2]. The van der Waals surface area contributed by atoms with Gasteiger partial charge in [0.25, 0.3) is 0 Å². The van der Waals surface area contributed by atoms with Crippen molar-refractivity contribution in [2.45, 2.75) is 149 Å².